The molecular weight excluding hydrogens is 368 g/mol. The van der Waals surface area contributed by atoms with Crippen molar-refractivity contribution in [1.29, 1.82) is 0 Å². The van der Waals surface area contributed by atoms with Crippen LogP contribution in [0.5, 0.6) is 0 Å². The summed E-state index contributed by atoms with van der Waals surface area (Å²) in [7, 11) is 0. The van der Waals surface area contributed by atoms with E-state index < -0.39 is 5.60 Å². The molecule has 0 amide bonds. The number of hydrogen-bond donors (Lipinski definition) is 1. The highest BCUT2D eigenvalue weighted by Gasteiger charge is 2.48. The summed E-state index contributed by atoms with van der Waals surface area (Å²) in [6.07, 6.45) is 8.17. The summed E-state index contributed by atoms with van der Waals surface area (Å²) in [6, 6.07) is 26.8. The molecule has 3 heteroatoms. The van der Waals surface area contributed by atoms with E-state index in [1.165, 1.54) is 32.1 Å². The number of likely N-dealkylation sites (tertiary alicyclic amines) is 1. The number of rotatable bonds is 7. The van der Waals surface area contributed by atoms with Crippen LogP contribution in [0.3, 0.4) is 0 Å². The number of hydrogen-bond acceptors (Lipinski definition) is 3. The highest BCUT2D eigenvalue weighted by Crippen LogP contribution is 2.48. The van der Waals surface area contributed by atoms with Gasteiger partial charge in [-0.3, -0.25) is 9.88 Å². The van der Waals surface area contributed by atoms with Crippen LogP contribution in [0.2, 0.25) is 0 Å². The van der Waals surface area contributed by atoms with Gasteiger partial charge in [0.05, 0.1) is 11.7 Å². The molecule has 1 saturated heterocycles. The maximum absolute atomic E-state index is 12.6. The molecule has 1 aromatic heterocycles. The molecule has 3 atom stereocenters. The molecule has 1 aliphatic heterocycles. The molecule has 3 nitrogen and oxygen atoms in total. The Bertz CT molecular complexity index is 901. The highest BCUT2D eigenvalue weighted by molar-refractivity contribution is 5.39. The summed E-state index contributed by atoms with van der Waals surface area (Å²) < 4.78 is 0. The third-order valence-electron chi connectivity index (χ3n) is 6.84. The summed E-state index contributed by atoms with van der Waals surface area (Å²) in [5.74, 6) is 0.867. The second-order valence-corrected chi connectivity index (χ2v) is 8.87. The Kier molecular flexibility index (Phi) is 5.41. The lowest BCUT2D eigenvalue weighted by Gasteiger charge is -2.44. The molecule has 1 saturated carbocycles. The van der Waals surface area contributed by atoms with Gasteiger partial charge in [0.25, 0.3) is 0 Å². The first kappa shape index (κ1) is 19.5. The van der Waals surface area contributed by atoms with Gasteiger partial charge in [-0.25, -0.2) is 0 Å². The van der Waals surface area contributed by atoms with E-state index in [4.69, 9.17) is 0 Å². The lowest BCUT2D eigenvalue weighted by molar-refractivity contribution is -0.0332. The number of nitrogens with zero attached hydrogens (tertiary/aromatic N) is 2. The number of aliphatic hydroxyl groups is 1. The number of aromatic nitrogens is 1. The van der Waals surface area contributed by atoms with Gasteiger partial charge in [-0.1, -0.05) is 79.6 Å². The van der Waals surface area contributed by atoms with Crippen LogP contribution in [-0.4, -0.2) is 27.6 Å². The van der Waals surface area contributed by atoms with Gasteiger partial charge in [-0.2, -0.15) is 0 Å². The molecule has 2 aromatic carbocycles. The second-order valence-electron chi connectivity index (χ2n) is 8.87. The van der Waals surface area contributed by atoms with Crippen LogP contribution in [0.15, 0.2) is 85.1 Å². The molecule has 0 spiro atoms. The van der Waals surface area contributed by atoms with Crippen molar-refractivity contribution in [3.8, 4) is 0 Å². The van der Waals surface area contributed by atoms with Gasteiger partial charge < -0.3 is 5.11 Å². The molecule has 1 aliphatic carbocycles. The fourth-order valence-corrected chi connectivity index (χ4v) is 5.22. The lowest BCUT2D eigenvalue weighted by Crippen LogP contribution is -2.47. The van der Waals surface area contributed by atoms with E-state index in [1.54, 1.807) is 6.20 Å². The van der Waals surface area contributed by atoms with Crippen molar-refractivity contribution < 1.29 is 5.11 Å². The third kappa shape index (κ3) is 3.68. The summed E-state index contributed by atoms with van der Waals surface area (Å²) in [5, 5.41) is 12.6. The fourth-order valence-electron chi connectivity index (χ4n) is 5.22. The molecule has 0 bridgehead atoms. The van der Waals surface area contributed by atoms with Crippen molar-refractivity contribution in [2.45, 2.75) is 49.8 Å². The molecule has 3 unspecified atom stereocenters. The SMILES string of the molecule is OC(c1ccccc1)(c1ccccn1)C(c1ccccc1)N1CCCC1CC1CC1. The zero-order chi connectivity index (χ0) is 20.4. The molecule has 154 valence electrons. The van der Waals surface area contributed by atoms with E-state index in [0.717, 1.165) is 23.6 Å². The molecule has 2 heterocycles. The smallest absolute Gasteiger partial charge is 0.151 e. The molecule has 1 N–H and O–H groups in total. The summed E-state index contributed by atoms with van der Waals surface area (Å²) in [6.45, 7) is 1.01. The molecule has 2 aliphatic rings. The minimum atomic E-state index is -1.23. The van der Waals surface area contributed by atoms with Gasteiger partial charge in [0.15, 0.2) is 5.60 Å². The fraction of sp³-hybridized carbons (Fsp3) is 0.370. The van der Waals surface area contributed by atoms with Crippen molar-refractivity contribution in [2.75, 3.05) is 6.54 Å². The standard InChI is InChI=1S/C27H30N2O/c30-27(23-12-5-2-6-13-23,25-15-7-8-18-28-25)26(22-10-3-1-4-11-22)29-19-9-14-24(29)20-21-16-17-21/h1-8,10-13,15,18,21,24,26,30H,9,14,16-17,19-20H2. The van der Waals surface area contributed by atoms with Crippen LogP contribution < -0.4 is 0 Å². The number of pyridine rings is 1. The van der Waals surface area contributed by atoms with E-state index in [0.29, 0.717) is 11.7 Å². The first-order valence-electron chi connectivity index (χ1n) is 11.3. The molecule has 3 aromatic rings. The molecule has 30 heavy (non-hydrogen) atoms. The number of benzene rings is 2. The van der Waals surface area contributed by atoms with Crippen LogP contribution in [0, 0.1) is 5.92 Å². The van der Waals surface area contributed by atoms with Crippen molar-refractivity contribution in [2.24, 2.45) is 5.92 Å². The average Bonchev–Trinajstić information content (AvgIpc) is 3.52. The van der Waals surface area contributed by atoms with Gasteiger partial charge >= 0.3 is 0 Å². The predicted molar refractivity (Wildman–Crippen MR) is 120 cm³/mol. The monoisotopic (exact) mass is 398 g/mol. The van der Waals surface area contributed by atoms with Gasteiger partial charge in [0.1, 0.15) is 0 Å². The van der Waals surface area contributed by atoms with Crippen molar-refractivity contribution in [3.63, 3.8) is 0 Å². The van der Waals surface area contributed by atoms with E-state index >= 15 is 0 Å². The van der Waals surface area contributed by atoms with E-state index in [1.807, 2.05) is 48.5 Å². The maximum Gasteiger partial charge on any atom is 0.151 e. The Morgan fingerprint density at radius 2 is 1.60 bits per heavy atom. The van der Waals surface area contributed by atoms with Gasteiger partial charge in [-0.05, 0) is 55.0 Å². The summed E-state index contributed by atoms with van der Waals surface area (Å²) in [4.78, 5) is 7.25. The second kappa shape index (κ2) is 8.33. The van der Waals surface area contributed by atoms with E-state index in [9.17, 15) is 5.11 Å². The average molecular weight is 399 g/mol. The molecule has 2 fully saturated rings. The van der Waals surface area contributed by atoms with Crippen molar-refractivity contribution >= 4 is 0 Å². The van der Waals surface area contributed by atoms with E-state index in [2.05, 4.69) is 40.2 Å². The van der Waals surface area contributed by atoms with Gasteiger partial charge in [0.2, 0.25) is 0 Å². The Balaban J connectivity index is 1.67. The lowest BCUT2D eigenvalue weighted by atomic mass is 9.78. The van der Waals surface area contributed by atoms with Crippen molar-refractivity contribution in [3.05, 3.63) is 102 Å². The van der Waals surface area contributed by atoms with Crippen molar-refractivity contribution in [1.82, 2.24) is 9.88 Å². The Hall–Kier alpha value is -2.49. The maximum atomic E-state index is 12.6. The normalized spacial score (nSPS) is 22.5. The largest absolute Gasteiger partial charge is 0.377 e. The Labute approximate surface area is 179 Å². The van der Waals surface area contributed by atoms with Crippen LogP contribution in [0.1, 0.15) is 55.0 Å². The van der Waals surface area contributed by atoms with Crippen LogP contribution in [0.25, 0.3) is 0 Å². The molecule has 5 rings (SSSR count). The molecular formula is C27H30N2O. The minimum Gasteiger partial charge on any atom is -0.377 e. The minimum absolute atomic E-state index is 0.178. The Morgan fingerprint density at radius 1 is 0.900 bits per heavy atom. The third-order valence-corrected chi connectivity index (χ3v) is 6.84. The summed E-state index contributed by atoms with van der Waals surface area (Å²) in [5.41, 5.74) is 1.53. The first-order valence-corrected chi connectivity index (χ1v) is 11.3. The predicted octanol–water partition coefficient (Wildman–Crippen LogP) is 5.32. The quantitative estimate of drug-likeness (QED) is 0.585. The van der Waals surface area contributed by atoms with Crippen LogP contribution >= 0.6 is 0 Å². The topological polar surface area (TPSA) is 36.4 Å². The zero-order valence-electron chi connectivity index (χ0n) is 17.4. The zero-order valence-corrected chi connectivity index (χ0v) is 17.4. The molecule has 0 radical (unpaired) electrons. The Morgan fingerprint density at radius 3 is 2.27 bits per heavy atom. The van der Waals surface area contributed by atoms with Crippen LogP contribution in [0.4, 0.5) is 0 Å². The van der Waals surface area contributed by atoms with Gasteiger partial charge in [-0.15, -0.1) is 0 Å². The summed E-state index contributed by atoms with van der Waals surface area (Å²) >= 11 is 0. The van der Waals surface area contributed by atoms with E-state index in [-0.39, 0.29) is 6.04 Å². The highest BCUT2D eigenvalue weighted by atomic mass is 16.3. The van der Waals surface area contributed by atoms with Crippen LogP contribution in [-0.2, 0) is 5.60 Å². The first-order chi connectivity index (χ1) is 14.8. The van der Waals surface area contributed by atoms with Gasteiger partial charge in [0, 0.05) is 12.2 Å².